The zero-order valence-corrected chi connectivity index (χ0v) is 8.72. The van der Waals surface area contributed by atoms with Crippen LogP contribution in [0.25, 0.3) is 11.3 Å². The van der Waals surface area contributed by atoms with Gasteiger partial charge in [0.15, 0.2) is 0 Å². The van der Waals surface area contributed by atoms with E-state index >= 15 is 0 Å². The van der Waals surface area contributed by atoms with Crippen LogP contribution < -0.4 is 0 Å². The molecule has 3 heteroatoms. The van der Waals surface area contributed by atoms with Crippen molar-refractivity contribution in [2.24, 2.45) is 0 Å². The zero-order chi connectivity index (χ0) is 10.7. The van der Waals surface area contributed by atoms with Crippen molar-refractivity contribution in [3.05, 3.63) is 36.4 Å². The van der Waals surface area contributed by atoms with E-state index in [1.807, 2.05) is 30.3 Å². The first kappa shape index (κ1) is 9.77. The van der Waals surface area contributed by atoms with Gasteiger partial charge in [0.1, 0.15) is 0 Å². The smallest absolute Gasteiger partial charge is 0.209 e. The van der Waals surface area contributed by atoms with Crippen molar-refractivity contribution >= 4 is 0 Å². The first-order valence-corrected chi connectivity index (χ1v) is 5.13. The number of hydrogen-bond donors (Lipinski definition) is 1. The van der Waals surface area contributed by atoms with Gasteiger partial charge < -0.3 is 5.11 Å². The average Bonchev–Trinajstić information content (AvgIpc) is 2.63. The molecule has 0 atom stereocenters. The zero-order valence-electron chi connectivity index (χ0n) is 8.72. The molecule has 1 aromatic carbocycles. The molecule has 0 aliphatic heterocycles. The van der Waals surface area contributed by atoms with Crippen molar-refractivity contribution < 1.29 is 5.11 Å². The molecule has 2 aromatic rings. The minimum atomic E-state index is 0.232. The third kappa shape index (κ3) is 2.01. The Bertz CT molecular complexity index is 434. The maximum atomic E-state index is 9.62. The molecule has 0 spiro atoms. The molecule has 0 aliphatic rings. The molecule has 0 amide bonds. The molecule has 2 rings (SSSR count). The van der Waals surface area contributed by atoms with Gasteiger partial charge in [0, 0.05) is 18.2 Å². The van der Waals surface area contributed by atoms with E-state index in [1.165, 1.54) is 0 Å². The van der Waals surface area contributed by atoms with E-state index < -0.39 is 0 Å². The Balaban J connectivity index is 2.34. The monoisotopic (exact) mass is 202 g/mol. The minimum Gasteiger partial charge on any atom is -0.493 e. The maximum absolute atomic E-state index is 9.62. The summed E-state index contributed by atoms with van der Waals surface area (Å²) in [7, 11) is 0. The van der Waals surface area contributed by atoms with Crippen LogP contribution in [0.4, 0.5) is 0 Å². The van der Waals surface area contributed by atoms with Crippen LogP contribution in [0.2, 0.25) is 0 Å². The molecule has 0 fully saturated rings. The van der Waals surface area contributed by atoms with E-state index in [0.29, 0.717) is 0 Å². The van der Waals surface area contributed by atoms with Gasteiger partial charge in [-0.15, -0.1) is 0 Å². The molecule has 0 aliphatic carbocycles. The molecule has 0 saturated carbocycles. The molecule has 0 bridgehead atoms. The lowest BCUT2D eigenvalue weighted by molar-refractivity contribution is 0.397. The largest absolute Gasteiger partial charge is 0.493 e. The standard InChI is InChI=1S/C12H14N2O/c1-2-8-14-12(15)9-11(13-14)10-6-4-3-5-7-10/h3-7,9,15H,2,8H2,1H3. The predicted octanol–water partition coefficient (Wildman–Crippen LogP) is 2.67. The van der Waals surface area contributed by atoms with E-state index in [0.717, 1.165) is 24.2 Å². The predicted molar refractivity (Wildman–Crippen MR) is 59.6 cm³/mol. The summed E-state index contributed by atoms with van der Waals surface area (Å²) in [6, 6.07) is 11.6. The summed E-state index contributed by atoms with van der Waals surface area (Å²) in [4.78, 5) is 0. The Hall–Kier alpha value is -1.77. The molecule has 1 heterocycles. The molecule has 1 aromatic heterocycles. The van der Waals surface area contributed by atoms with Gasteiger partial charge in [-0.2, -0.15) is 5.10 Å². The topological polar surface area (TPSA) is 38.0 Å². The second-order valence-electron chi connectivity index (χ2n) is 3.48. The first-order valence-electron chi connectivity index (χ1n) is 5.13. The molecule has 78 valence electrons. The highest BCUT2D eigenvalue weighted by Gasteiger charge is 2.06. The van der Waals surface area contributed by atoms with Crippen LogP contribution in [0.5, 0.6) is 5.88 Å². The molecule has 15 heavy (non-hydrogen) atoms. The summed E-state index contributed by atoms with van der Waals surface area (Å²) in [6.45, 7) is 2.81. The fourth-order valence-electron chi connectivity index (χ4n) is 1.53. The summed E-state index contributed by atoms with van der Waals surface area (Å²) < 4.78 is 1.63. The van der Waals surface area contributed by atoms with Crippen LogP contribution in [0.15, 0.2) is 36.4 Å². The Morgan fingerprint density at radius 3 is 2.67 bits per heavy atom. The summed E-state index contributed by atoms with van der Waals surface area (Å²) in [5.74, 6) is 0.232. The van der Waals surface area contributed by atoms with Gasteiger partial charge in [-0.05, 0) is 6.42 Å². The van der Waals surface area contributed by atoms with E-state index in [2.05, 4.69) is 12.0 Å². The lowest BCUT2D eigenvalue weighted by Crippen LogP contribution is -1.97. The van der Waals surface area contributed by atoms with Crippen LogP contribution in [-0.2, 0) is 6.54 Å². The Kier molecular flexibility index (Phi) is 2.72. The molecule has 0 unspecified atom stereocenters. The number of aryl methyl sites for hydroxylation is 1. The van der Waals surface area contributed by atoms with Crippen LogP contribution in [0, 0.1) is 0 Å². The molecule has 3 nitrogen and oxygen atoms in total. The highest BCUT2D eigenvalue weighted by atomic mass is 16.3. The van der Waals surface area contributed by atoms with Gasteiger partial charge in [-0.3, -0.25) is 0 Å². The first-order chi connectivity index (χ1) is 7.31. The highest BCUT2D eigenvalue weighted by molar-refractivity contribution is 5.59. The third-order valence-corrected chi connectivity index (χ3v) is 2.26. The van der Waals surface area contributed by atoms with Crippen molar-refractivity contribution in [3.8, 4) is 17.1 Å². The van der Waals surface area contributed by atoms with Gasteiger partial charge in [0.05, 0.1) is 5.69 Å². The second-order valence-corrected chi connectivity index (χ2v) is 3.48. The molecule has 1 N–H and O–H groups in total. The molecular weight excluding hydrogens is 188 g/mol. The van der Waals surface area contributed by atoms with Gasteiger partial charge in [0.2, 0.25) is 5.88 Å². The highest BCUT2D eigenvalue weighted by Crippen LogP contribution is 2.22. The van der Waals surface area contributed by atoms with E-state index in [4.69, 9.17) is 0 Å². The molecule has 0 radical (unpaired) electrons. The van der Waals surface area contributed by atoms with Crippen molar-refractivity contribution in [3.63, 3.8) is 0 Å². The lowest BCUT2D eigenvalue weighted by atomic mass is 10.2. The van der Waals surface area contributed by atoms with Crippen LogP contribution >= 0.6 is 0 Å². The Morgan fingerprint density at radius 1 is 1.27 bits per heavy atom. The van der Waals surface area contributed by atoms with Crippen LogP contribution in [0.1, 0.15) is 13.3 Å². The fraction of sp³-hybridized carbons (Fsp3) is 0.250. The summed E-state index contributed by atoms with van der Waals surface area (Å²) in [5, 5.41) is 14.0. The fourth-order valence-corrected chi connectivity index (χ4v) is 1.53. The Morgan fingerprint density at radius 2 is 2.00 bits per heavy atom. The van der Waals surface area contributed by atoms with Crippen molar-refractivity contribution in [1.29, 1.82) is 0 Å². The quantitative estimate of drug-likeness (QED) is 0.830. The van der Waals surface area contributed by atoms with Crippen molar-refractivity contribution in [2.75, 3.05) is 0 Å². The van der Waals surface area contributed by atoms with Crippen molar-refractivity contribution in [1.82, 2.24) is 9.78 Å². The van der Waals surface area contributed by atoms with E-state index in [9.17, 15) is 5.11 Å². The third-order valence-electron chi connectivity index (χ3n) is 2.26. The average molecular weight is 202 g/mol. The number of rotatable bonds is 3. The summed E-state index contributed by atoms with van der Waals surface area (Å²) in [6.07, 6.45) is 0.962. The number of aromatic hydroxyl groups is 1. The number of nitrogens with zero attached hydrogens (tertiary/aromatic N) is 2. The van der Waals surface area contributed by atoms with Gasteiger partial charge >= 0.3 is 0 Å². The number of aromatic nitrogens is 2. The molecular formula is C12H14N2O. The van der Waals surface area contributed by atoms with Gasteiger partial charge in [-0.25, -0.2) is 4.68 Å². The van der Waals surface area contributed by atoms with Crippen LogP contribution in [-0.4, -0.2) is 14.9 Å². The lowest BCUT2D eigenvalue weighted by Gasteiger charge is -1.98. The van der Waals surface area contributed by atoms with Gasteiger partial charge in [-0.1, -0.05) is 37.3 Å². The number of benzene rings is 1. The summed E-state index contributed by atoms with van der Waals surface area (Å²) in [5.41, 5.74) is 1.85. The summed E-state index contributed by atoms with van der Waals surface area (Å²) >= 11 is 0. The van der Waals surface area contributed by atoms with Crippen molar-refractivity contribution in [2.45, 2.75) is 19.9 Å². The minimum absolute atomic E-state index is 0.232. The maximum Gasteiger partial charge on any atom is 0.209 e. The van der Waals surface area contributed by atoms with Crippen LogP contribution in [0.3, 0.4) is 0 Å². The second kappa shape index (κ2) is 4.17. The SMILES string of the molecule is CCCn1nc(-c2ccccc2)cc1O. The van der Waals surface area contributed by atoms with E-state index in [1.54, 1.807) is 10.7 Å². The van der Waals surface area contributed by atoms with E-state index in [-0.39, 0.29) is 5.88 Å². The normalized spacial score (nSPS) is 10.5. The molecule has 0 saturated heterocycles. The number of hydrogen-bond acceptors (Lipinski definition) is 2. The van der Waals surface area contributed by atoms with Gasteiger partial charge in [0.25, 0.3) is 0 Å². The Labute approximate surface area is 89.0 Å².